The normalized spacial score (nSPS) is 11.1. The van der Waals surface area contributed by atoms with Crippen LogP contribution in [0.15, 0.2) is 48.5 Å². The number of urea groups is 1. The van der Waals surface area contributed by atoms with Crippen molar-refractivity contribution in [2.45, 2.75) is 19.9 Å². The third-order valence-electron chi connectivity index (χ3n) is 3.85. The molecule has 8 nitrogen and oxygen atoms in total. The van der Waals surface area contributed by atoms with E-state index < -0.39 is 18.0 Å². The fourth-order valence-corrected chi connectivity index (χ4v) is 2.34. The minimum atomic E-state index is -0.624. The van der Waals surface area contributed by atoms with Crippen molar-refractivity contribution in [3.05, 3.63) is 54.1 Å². The number of nitrogens with one attached hydrogen (secondary N) is 4. The van der Waals surface area contributed by atoms with Gasteiger partial charge in [0.1, 0.15) is 11.8 Å². The highest BCUT2D eigenvalue weighted by Gasteiger charge is 2.15. The molecule has 0 fully saturated rings. The molecular weight excluding hydrogens is 360 g/mol. The molecule has 0 saturated carbocycles. The molecule has 2 aromatic carbocycles. The Balaban J connectivity index is 1.91. The van der Waals surface area contributed by atoms with Crippen molar-refractivity contribution >= 4 is 29.2 Å². The first-order valence-corrected chi connectivity index (χ1v) is 8.83. The quantitative estimate of drug-likeness (QED) is 0.587. The maximum Gasteiger partial charge on any atom is 0.321 e. The molecule has 2 aromatic rings. The van der Waals surface area contributed by atoms with Gasteiger partial charge in [-0.25, -0.2) is 4.79 Å². The summed E-state index contributed by atoms with van der Waals surface area (Å²) in [6, 6.07) is 12.5. The standard InChI is InChI=1S/C20H24N4O4/c1-4-21-20(27)24-18(25)13(2)22-15-7-5-14(6-8-15)19(26)23-16-9-11-17(28-3)12-10-16/h5-13,22H,4H2,1-3H3,(H,23,26)(H2,21,24,25,27)/t13-/m1/s1. The summed E-state index contributed by atoms with van der Waals surface area (Å²) in [6.07, 6.45) is 0. The fraction of sp³-hybridized carbons (Fsp3) is 0.250. The molecule has 0 spiro atoms. The summed E-state index contributed by atoms with van der Waals surface area (Å²) < 4.78 is 5.08. The molecule has 0 unspecified atom stereocenters. The highest BCUT2D eigenvalue weighted by Crippen LogP contribution is 2.17. The number of hydrogen-bond donors (Lipinski definition) is 4. The fourth-order valence-electron chi connectivity index (χ4n) is 2.34. The van der Waals surface area contributed by atoms with Gasteiger partial charge in [-0.3, -0.25) is 14.9 Å². The summed E-state index contributed by atoms with van der Waals surface area (Å²) in [7, 11) is 1.58. The first-order valence-electron chi connectivity index (χ1n) is 8.83. The van der Waals surface area contributed by atoms with E-state index >= 15 is 0 Å². The molecule has 0 saturated heterocycles. The van der Waals surface area contributed by atoms with Crippen molar-refractivity contribution < 1.29 is 19.1 Å². The van der Waals surface area contributed by atoms with E-state index in [1.165, 1.54) is 0 Å². The molecule has 28 heavy (non-hydrogen) atoms. The lowest BCUT2D eigenvalue weighted by Crippen LogP contribution is -2.45. The first kappa shape index (κ1) is 20.8. The number of imide groups is 1. The van der Waals surface area contributed by atoms with Gasteiger partial charge in [-0.05, 0) is 62.4 Å². The zero-order valence-electron chi connectivity index (χ0n) is 16.0. The van der Waals surface area contributed by atoms with Gasteiger partial charge >= 0.3 is 6.03 Å². The minimum Gasteiger partial charge on any atom is -0.497 e. The summed E-state index contributed by atoms with van der Waals surface area (Å²) in [5, 5.41) is 10.5. The van der Waals surface area contributed by atoms with Gasteiger partial charge in [-0.15, -0.1) is 0 Å². The second kappa shape index (κ2) is 9.96. The molecular formula is C20H24N4O4. The van der Waals surface area contributed by atoms with Crippen molar-refractivity contribution in [3.63, 3.8) is 0 Å². The third-order valence-corrected chi connectivity index (χ3v) is 3.85. The zero-order valence-corrected chi connectivity index (χ0v) is 16.0. The van der Waals surface area contributed by atoms with Crippen molar-refractivity contribution in [2.24, 2.45) is 0 Å². The highest BCUT2D eigenvalue weighted by atomic mass is 16.5. The second-order valence-electron chi connectivity index (χ2n) is 5.97. The van der Waals surface area contributed by atoms with E-state index in [0.29, 0.717) is 29.2 Å². The molecule has 0 aliphatic carbocycles. The van der Waals surface area contributed by atoms with Gasteiger partial charge in [-0.1, -0.05) is 0 Å². The average molecular weight is 384 g/mol. The number of methoxy groups -OCH3 is 1. The van der Waals surface area contributed by atoms with E-state index in [-0.39, 0.29) is 5.91 Å². The molecule has 2 rings (SSSR count). The van der Waals surface area contributed by atoms with E-state index in [9.17, 15) is 14.4 Å². The Kier molecular flexibility index (Phi) is 7.38. The minimum absolute atomic E-state index is 0.251. The number of amides is 4. The predicted molar refractivity (Wildman–Crippen MR) is 108 cm³/mol. The molecule has 0 heterocycles. The van der Waals surface area contributed by atoms with Crippen LogP contribution in [0.2, 0.25) is 0 Å². The number of carbonyl (C=O) groups excluding carboxylic acids is 3. The number of benzene rings is 2. The molecule has 0 aliphatic rings. The SMILES string of the molecule is CCNC(=O)NC(=O)[C@@H](C)Nc1ccc(C(=O)Nc2ccc(OC)cc2)cc1. The van der Waals surface area contributed by atoms with Gasteiger partial charge in [-0.2, -0.15) is 0 Å². The molecule has 0 bridgehead atoms. The van der Waals surface area contributed by atoms with Crippen molar-refractivity contribution in [1.29, 1.82) is 0 Å². The van der Waals surface area contributed by atoms with E-state index in [1.54, 1.807) is 69.5 Å². The molecule has 4 N–H and O–H groups in total. The van der Waals surface area contributed by atoms with Gasteiger partial charge in [0.25, 0.3) is 5.91 Å². The number of hydrogen-bond acceptors (Lipinski definition) is 5. The summed E-state index contributed by atoms with van der Waals surface area (Å²) >= 11 is 0. The van der Waals surface area contributed by atoms with E-state index in [2.05, 4.69) is 21.3 Å². The molecule has 1 atom stereocenters. The van der Waals surface area contributed by atoms with Crippen LogP contribution >= 0.6 is 0 Å². The summed E-state index contributed by atoms with van der Waals surface area (Å²) in [6.45, 7) is 3.83. The molecule has 4 amide bonds. The summed E-state index contributed by atoms with van der Waals surface area (Å²) in [4.78, 5) is 35.7. The van der Waals surface area contributed by atoms with Crippen LogP contribution < -0.4 is 26.0 Å². The van der Waals surface area contributed by atoms with Gasteiger partial charge in [0.2, 0.25) is 5.91 Å². The number of rotatable bonds is 7. The molecule has 8 heteroatoms. The maximum absolute atomic E-state index is 12.3. The van der Waals surface area contributed by atoms with Crippen LogP contribution in [0, 0.1) is 0 Å². The predicted octanol–water partition coefficient (Wildman–Crippen LogP) is 2.59. The van der Waals surface area contributed by atoms with Crippen LogP contribution in [0.1, 0.15) is 24.2 Å². The number of carbonyl (C=O) groups is 3. The number of anilines is 2. The first-order chi connectivity index (χ1) is 13.4. The molecule has 0 aliphatic heterocycles. The van der Waals surface area contributed by atoms with Gasteiger partial charge in [0.05, 0.1) is 7.11 Å². The van der Waals surface area contributed by atoms with E-state index in [1.807, 2.05) is 0 Å². The van der Waals surface area contributed by atoms with Gasteiger partial charge in [0.15, 0.2) is 0 Å². The Morgan fingerprint density at radius 3 is 2.14 bits per heavy atom. The average Bonchev–Trinajstić information content (AvgIpc) is 2.69. The largest absolute Gasteiger partial charge is 0.497 e. The Hall–Kier alpha value is -3.55. The van der Waals surface area contributed by atoms with E-state index in [0.717, 1.165) is 0 Å². The van der Waals surface area contributed by atoms with Crippen LogP contribution in [0.25, 0.3) is 0 Å². The number of ether oxygens (including phenoxy) is 1. The van der Waals surface area contributed by atoms with Crippen LogP contribution in [0.4, 0.5) is 16.2 Å². The maximum atomic E-state index is 12.3. The Morgan fingerprint density at radius 1 is 0.964 bits per heavy atom. The lowest BCUT2D eigenvalue weighted by molar-refractivity contribution is -0.120. The second-order valence-corrected chi connectivity index (χ2v) is 5.97. The third kappa shape index (κ3) is 6.01. The zero-order chi connectivity index (χ0) is 20.5. The van der Waals surface area contributed by atoms with E-state index in [4.69, 9.17) is 4.74 Å². The van der Waals surface area contributed by atoms with Crippen LogP contribution in [0.3, 0.4) is 0 Å². The van der Waals surface area contributed by atoms with Crippen LogP contribution in [0.5, 0.6) is 5.75 Å². The lowest BCUT2D eigenvalue weighted by atomic mass is 10.1. The van der Waals surface area contributed by atoms with Crippen molar-refractivity contribution in [2.75, 3.05) is 24.3 Å². The highest BCUT2D eigenvalue weighted by molar-refractivity contribution is 6.04. The van der Waals surface area contributed by atoms with Gasteiger partial charge < -0.3 is 20.7 Å². The lowest BCUT2D eigenvalue weighted by Gasteiger charge is -2.15. The Labute approximate surface area is 163 Å². The topological polar surface area (TPSA) is 109 Å². The Bertz CT molecular complexity index is 819. The smallest absolute Gasteiger partial charge is 0.321 e. The van der Waals surface area contributed by atoms with Crippen LogP contribution in [-0.4, -0.2) is 37.5 Å². The molecule has 148 valence electrons. The molecule has 0 radical (unpaired) electrons. The summed E-state index contributed by atoms with van der Waals surface area (Å²) in [5.41, 5.74) is 1.78. The van der Waals surface area contributed by atoms with Gasteiger partial charge in [0, 0.05) is 23.5 Å². The van der Waals surface area contributed by atoms with Crippen molar-refractivity contribution in [1.82, 2.24) is 10.6 Å². The van der Waals surface area contributed by atoms with Crippen molar-refractivity contribution in [3.8, 4) is 5.75 Å². The monoisotopic (exact) mass is 384 g/mol. The summed E-state index contributed by atoms with van der Waals surface area (Å²) in [5.74, 6) is 0.00442. The van der Waals surface area contributed by atoms with Crippen LogP contribution in [-0.2, 0) is 4.79 Å². The molecule has 0 aromatic heterocycles. The Morgan fingerprint density at radius 2 is 1.57 bits per heavy atom.